The van der Waals surface area contributed by atoms with Crippen LogP contribution in [0.25, 0.3) is 0 Å². The van der Waals surface area contributed by atoms with Gasteiger partial charge in [-0.1, -0.05) is 34.1 Å². The van der Waals surface area contributed by atoms with Crippen molar-refractivity contribution in [3.8, 4) is 0 Å². The van der Waals surface area contributed by atoms with E-state index in [1.807, 2.05) is 6.92 Å². The summed E-state index contributed by atoms with van der Waals surface area (Å²) in [6, 6.07) is 0.688. The van der Waals surface area contributed by atoms with E-state index < -0.39 is 6.23 Å². The van der Waals surface area contributed by atoms with Gasteiger partial charge < -0.3 is 25.6 Å². The third-order valence-electron chi connectivity index (χ3n) is 5.65. The van der Waals surface area contributed by atoms with Crippen molar-refractivity contribution in [1.82, 2.24) is 21.3 Å². The van der Waals surface area contributed by atoms with E-state index in [1.54, 1.807) is 0 Å². The van der Waals surface area contributed by atoms with Crippen LogP contribution in [0.1, 0.15) is 66.7 Å². The van der Waals surface area contributed by atoms with Crippen LogP contribution in [0.4, 0.5) is 0 Å². The molecule has 0 saturated carbocycles. The highest BCUT2D eigenvalue weighted by molar-refractivity contribution is 4.80. The molecule has 1 aliphatic heterocycles. The number of piperidine rings is 1. The highest BCUT2D eigenvalue weighted by Crippen LogP contribution is 2.10. The Morgan fingerprint density at radius 3 is 2.45 bits per heavy atom. The van der Waals surface area contributed by atoms with Gasteiger partial charge in [0.15, 0.2) is 0 Å². The molecule has 1 aliphatic rings. The van der Waals surface area contributed by atoms with Gasteiger partial charge in [-0.05, 0) is 51.0 Å². The van der Waals surface area contributed by atoms with Crippen LogP contribution in [-0.4, -0.2) is 73.6 Å². The zero-order valence-corrected chi connectivity index (χ0v) is 19.4. The van der Waals surface area contributed by atoms with Gasteiger partial charge in [0, 0.05) is 31.3 Å². The van der Waals surface area contributed by atoms with Crippen LogP contribution in [0.2, 0.25) is 0 Å². The lowest BCUT2D eigenvalue weighted by Gasteiger charge is -2.31. The molecule has 1 rings (SSSR count). The average molecular weight is 417 g/mol. The summed E-state index contributed by atoms with van der Waals surface area (Å²) in [7, 11) is 0. The Labute approximate surface area is 178 Å². The Balaban J connectivity index is 2.26. The second-order valence-corrected chi connectivity index (χ2v) is 9.39. The van der Waals surface area contributed by atoms with E-state index in [9.17, 15) is 10.2 Å². The molecule has 0 aliphatic carbocycles. The van der Waals surface area contributed by atoms with Gasteiger partial charge in [0.1, 0.15) is 6.23 Å². The first-order valence-corrected chi connectivity index (χ1v) is 11.7. The second-order valence-electron chi connectivity index (χ2n) is 9.39. The van der Waals surface area contributed by atoms with Gasteiger partial charge in [-0.15, -0.1) is 0 Å². The van der Waals surface area contributed by atoms with Crippen molar-refractivity contribution in [2.75, 3.05) is 33.0 Å². The van der Waals surface area contributed by atoms with E-state index in [4.69, 9.17) is 4.74 Å². The Morgan fingerprint density at radius 2 is 1.86 bits per heavy atom. The van der Waals surface area contributed by atoms with Crippen molar-refractivity contribution in [3.63, 3.8) is 0 Å². The minimum atomic E-state index is -0.659. The smallest absolute Gasteiger partial charge is 0.120 e. The van der Waals surface area contributed by atoms with Crippen molar-refractivity contribution in [2.24, 2.45) is 11.8 Å². The molecule has 174 valence electrons. The maximum atomic E-state index is 10.7. The standard InChI is InChI=1S/C22H48N4O3/c1-16(2)12-20(14-27)24-13-18(5)26-22(28)21(17(3)4)25-15-29-11-9-19-8-6-7-10-23-19/h16-28H,6-15H2,1-5H3/t18?,19-,20?,21?,22-/m1/s1. The molecule has 0 radical (unpaired) electrons. The average Bonchev–Trinajstić information content (AvgIpc) is 2.67. The fraction of sp³-hybridized carbons (Fsp3) is 1.00. The van der Waals surface area contributed by atoms with Crippen LogP contribution in [0.5, 0.6) is 0 Å². The molecule has 1 saturated heterocycles. The molecule has 1 fully saturated rings. The Hall–Kier alpha value is -0.280. The lowest BCUT2D eigenvalue weighted by molar-refractivity contribution is 0.0307. The highest BCUT2D eigenvalue weighted by atomic mass is 16.5. The molecule has 0 amide bonds. The lowest BCUT2D eigenvalue weighted by Crippen LogP contribution is -2.55. The lowest BCUT2D eigenvalue weighted by atomic mass is 10.0. The van der Waals surface area contributed by atoms with Crippen molar-refractivity contribution in [3.05, 3.63) is 0 Å². The molecule has 29 heavy (non-hydrogen) atoms. The van der Waals surface area contributed by atoms with E-state index in [0.717, 1.165) is 26.0 Å². The monoisotopic (exact) mass is 416 g/mol. The van der Waals surface area contributed by atoms with E-state index in [2.05, 4.69) is 49.0 Å². The van der Waals surface area contributed by atoms with Crippen LogP contribution >= 0.6 is 0 Å². The SMILES string of the molecule is CC(C)CC(CO)NCC(C)N[C@H](O)C(NCOCC[C@H]1CCCCN1)C(C)C. The van der Waals surface area contributed by atoms with E-state index in [1.165, 1.54) is 19.3 Å². The number of aliphatic hydroxyl groups is 2. The van der Waals surface area contributed by atoms with Crippen molar-refractivity contribution in [2.45, 2.75) is 97.1 Å². The predicted molar refractivity (Wildman–Crippen MR) is 120 cm³/mol. The second kappa shape index (κ2) is 15.5. The molecule has 0 bridgehead atoms. The fourth-order valence-corrected chi connectivity index (χ4v) is 3.92. The summed E-state index contributed by atoms with van der Waals surface area (Å²) >= 11 is 0. The number of hydrogen-bond donors (Lipinski definition) is 6. The highest BCUT2D eigenvalue weighted by Gasteiger charge is 2.24. The zero-order chi connectivity index (χ0) is 21.6. The van der Waals surface area contributed by atoms with Gasteiger partial charge in [0.2, 0.25) is 0 Å². The molecule has 0 aromatic rings. The molecule has 7 nitrogen and oxygen atoms in total. The number of aliphatic hydroxyl groups excluding tert-OH is 2. The molecule has 6 N–H and O–H groups in total. The van der Waals surface area contributed by atoms with Crippen molar-refractivity contribution < 1.29 is 14.9 Å². The van der Waals surface area contributed by atoms with Crippen LogP contribution < -0.4 is 21.3 Å². The molecule has 3 unspecified atom stereocenters. The summed E-state index contributed by atoms with van der Waals surface area (Å²) < 4.78 is 5.77. The van der Waals surface area contributed by atoms with E-state index in [-0.39, 0.29) is 30.7 Å². The van der Waals surface area contributed by atoms with Gasteiger partial charge in [0.25, 0.3) is 0 Å². The first kappa shape index (κ1) is 26.8. The summed E-state index contributed by atoms with van der Waals surface area (Å²) in [6.45, 7) is 13.7. The van der Waals surface area contributed by atoms with E-state index in [0.29, 0.717) is 25.2 Å². The van der Waals surface area contributed by atoms with Gasteiger partial charge in [-0.2, -0.15) is 0 Å². The Morgan fingerprint density at radius 1 is 1.10 bits per heavy atom. The minimum Gasteiger partial charge on any atom is -0.395 e. The number of hydrogen-bond acceptors (Lipinski definition) is 7. The number of rotatable bonds is 16. The normalized spacial score (nSPS) is 22.0. The summed E-state index contributed by atoms with van der Waals surface area (Å²) in [5.74, 6) is 0.810. The topological polar surface area (TPSA) is 97.8 Å². The largest absolute Gasteiger partial charge is 0.395 e. The summed E-state index contributed by atoms with van der Waals surface area (Å²) in [6.07, 6.45) is 5.16. The third-order valence-corrected chi connectivity index (χ3v) is 5.65. The van der Waals surface area contributed by atoms with Crippen molar-refractivity contribution >= 4 is 0 Å². The van der Waals surface area contributed by atoms with Crippen molar-refractivity contribution in [1.29, 1.82) is 0 Å². The Bertz CT molecular complexity index is 392. The summed E-state index contributed by atoms with van der Waals surface area (Å²) in [5.41, 5.74) is 0. The third kappa shape index (κ3) is 12.2. The molecular weight excluding hydrogens is 368 g/mol. The molecule has 0 spiro atoms. The maximum absolute atomic E-state index is 10.7. The fourth-order valence-electron chi connectivity index (χ4n) is 3.92. The quantitative estimate of drug-likeness (QED) is 0.167. The number of nitrogens with one attached hydrogen (secondary N) is 4. The molecule has 7 heteroatoms. The Kier molecular flexibility index (Phi) is 14.3. The molecule has 0 aromatic carbocycles. The van der Waals surface area contributed by atoms with Crippen LogP contribution in [0.15, 0.2) is 0 Å². The van der Waals surface area contributed by atoms with Gasteiger partial charge in [-0.3, -0.25) is 10.6 Å². The van der Waals surface area contributed by atoms with Gasteiger partial charge >= 0.3 is 0 Å². The number of ether oxygens (including phenoxy) is 1. The first-order valence-electron chi connectivity index (χ1n) is 11.7. The van der Waals surface area contributed by atoms with Crippen LogP contribution in [-0.2, 0) is 4.74 Å². The molecule has 5 atom stereocenters. The summed E-state index contributed by atoms with van der Waals surface area (Å²) in [5, 5.41) is 33.7. The summed E-state index contributed by atoms with van der Waals surface area (Å²) in [4.78, 5) is 0. The van der Waals surface area contributed by atoms with Gasteiger partial charge in [0.05, 0.1) is 19.4 Å². The zero-order valence-electron chi connectivity index (χ0n) is 19.4. The predicted octanol–water partition coefficient (Wildman–Crippen LogP) is 1.40. The maximum Gasteiger partial charge on any atom is 0.120 e. The first-order chi connectivity index (χ1) is 13.8. The van der Waals surface area contributed by atoms with Crippen LogP contribution in [0.3, 0.4) is 0 Å². The molecular formula is C22H48N4O3. The van der Waals surface area contributed by atoms with E-state index >= 15 is 0 Å². The van der Waals surface area contributed by atoms with Crippen LogP contribution in [0, 0.1) is 11.8 Å². The minimum absolute atomic E-state index is 0.0884. The van der Waals surface area contributed by atoms with Gasteiger partial charge in [-0.25, -0.2) is 0 Å². The molecule has 0 aromatic heterocycles. The molecule has 1 heterocycles.